The fourth-order valence-electron chi connectivity index (χ4n) is 2.62. The molecule has 0 saturated heterocycles. The minimum Gasteiger partial charge on any atom is -0.479 e. The maximum absolute atomic E-state index is 12.3. The highest BCUT2D eigenvalue weighted by atomic mass is 79.9. The van der Waals surface area contributed by atoms with Gasteiger partial charge in [0.2, 0.25) is 0 Å². The molecule has 3 rings (SSSR count). The van der Waals surface area contributed by atoms with Crippen molar-refractivity contribution < 1.29 is 14.3 Å². The Morgan fingerprint density at radius 2 is 1.96 bits per heavy atom. The molecule has 2 aromatic rings. The van der Waals surface area contributed by atoms with Crippen LogP contribution in [0.15, 0.2) is 46.9 Å². The van der Waals surface area contributed by atoms with E-state index in [0.29, 0.717) is 23.5 Å². The molecule has 0 aliphatic carbocycles. The molecule has 1 heterocycles. The van der Waals surface area contributed by atoms with Crippen molar-refractivity contribution in [1.29, 1.82) is 0 Å². The van der Waals surface area contributed by atoms with E-state index in [1.807, 2.05) is 19.1 Å². The summed E-state index contributed by atoms with van der Waals surface area (Å²) in [5.74, 6) is 0.337. The van der Waals surface area contributed by atoms with Crippen LogP contribution in [-0.2, 0) is 4.79 Å². The molecule has 24 heavy (non-hydrogen) atoms. The number of halogens is 1. The molecule has 0 aromatic heterocycles. The molecular formula is C18H17BrN2O3. The lowest BCUT2D eigenvalue weighted by Crippen LogP contribution is -2.44. The molecule has 5 nitrogen and oxygen atoms in total. The summed E-state index contributed by atoms with van der Waals surface area (Å²) in [5, 5.41) is 2.85. The number of nitrogens with one attached hydrogen (secondary N) is 1. The molecule has 2 amide bonds. The summed E-state index contributed by atoms with van der Waals surface area (Å²) >= 11 is 3.35. The molecule has 1 N–H and O–H groups in total. The molecule has 124 valence electrons. The lowest BCUT2D eigenvalue weighted by molar-refractivity contribution is -0.125. The van der Waals surface area contributed by atoms with Gasteiger partial charge in [0.05, 0.1) is 5.69 Å². The average molecular weight is 389 g/mol. The van der Waals surface area contributed by atoms with Crippen molar-refractivity contribution >= 4 is 39.1 Å². The number of benzene rings is 2. The Balaban J connectivity index is 1.84. The third kappa shape index (κ3) is 3.14. The molecule has 1 aliphatic rings. The summed E-state index contributed by atoms with van der Waals surface area (Å²) < 4.78 is 6.59. The summed E-state index contributed by atoms with van der Waals surface area (Å²) in [5.41, 5.74) is 1.91. The molecule has 1 aliphatic heterocycles. The van der Waals surface area contributed by atoms with E-state index in [1.54, 1.807) is 42.2 Å². The second kappa shape index (κ2) is 6.65. The van der Waals surface area contributed by atoms with E-state index in [1.165, 1.54) is 0 Å². The molecule has 0 bridgehead atoms. The monoisotopic (exact) mass is 388 g/mol. The zero-order valence-electron chi connectivity index (χ0n) is 13.4. The maximum atomic E-state index is 12.3. The van der Waals surface area contributed by atoms with Gasteiger partial charge < -0.3 is 15.0 Å². The van der Waals surface area contributed by atoms with E-state index in [2.05, 4.69) is 21.2 Å². The minimum absolute atomic E-state index is 0.0587. The molecule has 0 saturated carbocycles. The summed E-state index contributed by atoms with van der Waals surface area (Å²) in [4.78, 5) is 26.1. The predicted molar refractivity (Wildman–Crippen MR) is 96.7 cm³/mol. The zero-order chi connectivity index (χ0) is 17.3. The minimum atomic E-state index is -0.533. The van der Waals surface area contributed by atoms with E-state index in [0.717, 1.165) is 10.2 Å². The molecule has 6 heteroatoms. The number of likely N-dealkylation sites (N-methyl/N-ethyl adjacent to an activating group) is 1. The third-order valence-electron chi connectivity index (χ3n) is 3.85. The number of hydrogen-bond donors (Lipinski definition) is 1. The van der Waals surface area contributed by atoms with E-state index in [-0.39, 0.29) is 11.8 Å². The van der Waals surface area contributed by atoms with Crippen molar-refractivity contribution in [2.45, 2.75) is 20.0 Å². The van der Waals surface area contributed by atoms with E-state index < -0.39 is 6.10 Å². The van der Waals surface area contributed by atoms with Crippen LogP contribution in [0.5, 0.6) is 5.75 Å². The topological polar surface area (TPSA) is 58.6 Å². The first kappa shape index (κ1) is 16.5. The van der Waals surface area contributed by atoms with Gasteiger partial charge in [0.1, 0.15) is 5.75 Å². The number of nitrogens with zero attached hydrogens (tertiary/aromatic N) is 1. The van der Waals surface area contributed by atoms with Crippen LogP contribution in [0.25, 0.3) is 0 Å². The highest BCUT2D eigenvalue weighted by Crippen LogP contribution is 2.36. The van der Waals surface area contributed by atoms with Crippen LogP contribution in [0.4, 0.5) is 11.4 Å². The van der Waals surface area contributed by atoms with Crippen molar-refractivity contribution in [3.05, 3.63) is 52.5 Å². The summed E-state index contributed by atoms with van der Waals surface area (Å²) in [6.07, 6.45) is -0.533. The highest BCUT2D eigenvalue weighted by molar-refractivity contribution is 9.10. The molecule has 0 spiro atoms. The van der Waals surface area contributed by atoms with Crippen LogP contribution in [0, 0.1) is 0 Å². The Labute approximate surface area is 148 Å². The third-order valence-corrected chi connectivity index (χ3v) is 4.38. The van der Waals surface area contributed by atoms with Crippen LogP contribution in [0.2, 0.25) is 0 Å². The average Bonchev–Trinajstić information content (AvgIpc) is 2.57. The number of amides is 2. The van der Waals surface area contributed by atoms with Crippen LogP contribution in [0.3, 0.4) is 0 Å². The van der Waals surface area contributed by atoms with E-state index >= 15 is 0 Å². The largest absolute Gasteiger partial charge is 0.479 e. The van der Waals surface area contributed by atoms with Crippen molar-refractivity contribution in [3.8, 4) is 5.75 Å². The molecule has 2 aromatic carbocycles. The normalized spacial score (nSPS) is 16.4. The Morgan fingerprint density at radius 1 is 1.25 bits per heavy atom. The Morgan fingerprint density at radius 3 is 2.62 bits per heavy atom. The van der Waals surface area contributed by atoms with Gasteiger partial charge in [-0.2, -0.15) is 0 Å². The Kier molecular flexibility index (Phi) is 4.57. The van der Waals surface area contributed by atoms with Gasteiger partial charge in [0.25, 0.3) is 11.8 Å². The number of hydrogen-bond acceptors (Lipinski definition) is 3. The van der Waals surface area contributed by atoms with Crippen molar-refractivity contribution in [3.63, 3.8) is 0 Å². The molecule has 0 fully saturated rings. The van der Waals surface area contributed by atoms with E-state index in [4.69, 9.17) is 4.74 Å². The highest BCUT2D eigenvalue weighted by Gasteiger charge is 2.30. The second-order valence-corrected chi connectivity index (χ2v) is 6.40. The van der Waals surface area contributed by atoms with Gasteiger partial charge in [-0.1, -0.05) is 15.9 Å². The van der Waals surface area contributed by atoms with Crippen molar-refractivity contribution in [1.82, 2.24) is 0 Å². The fraction of sp³-hybridized carbons (Fsp3) is 0.222. The standard InChI is InChI=1S/C18H17BrN2O3/c1-3-21-15-9-8-14(10-16(15)24-11(2)18(21)23)20-17(22)12-4-6-13(19)7-5-12/h4-11H,3H2,1-2H3,(H,20,22). The van der Waals surface area contributed by atoms with Crippen molar-refractivity contribution in [2.24, 2.45) is 0 Å². The van der Waals surface area contributed by atoms with Crippen molar-refractivity contribution in [2.75, 3.05) is 16.8 Å². The first-order valence-electron chi connectivity index (χ1n) is 7.68. The number of carbonyl (C=O) groups excluding carboxylic acids is 2. The second-order valence-electron chi connectivity index (χ2n) is 5.49. The zero-order valence-corrected chi connectivity index (χ0v) is 15.0. The summed E-state index contributed by atoms with van der Waals surface area (Å²) in [7, 11) is 0. The Hall–Kier alpha value is -2.34. The number of anilines is 2. The van der Waals surface area contributed by atoms with Crippen LogP contribution in [0.1, 0.15) is 24.2 Å². The molecule has 0 radical (unpaired) electrons. The van der Waals surface area contributed by atoms with Gasteiger partial charge in [-0.25, -0.2) is 0 Å². The van der Waals surface area contributed by atoms with Gasteiger partial charge in [-0.3, -0.25) is 9.59 Å². The van der Waals surface area contributed by atoms with Crippen LogP contribution >= 0.6 is 15.9 Å². The fourth-order valence-corrected chi connectivity index (χ4v) is 2.88. The first-order valence-corrected chi connectivity index (χ1v) is 8.48. The quantitative estimate of drug-likeness (QED) is 0.868. The molecule has 1 unspecified atom stereocenters. The predicted octanol–water partition coefficient (Wildman–Crippen LogP) is 3.84. The lowest BCUT2D eigenvalue weighted by atomic mass is 10.1. The maximum Gasteiger partial charge on any atom is 0.267 e. The lowest BCUT2D eigenvalue weighted by Gasteiger charge is -2.32. The van der Waals surface area contributed by atoms with Gasteiger partial charge >= 0.3 is 0 Å². The van der Waals surface area contributed by atoms with Gasteiger partial charge in [0.15, 0.2) is 6.10 Å². The van der Waals surface area contributed by atoms with Gasteiger partial charge in [0, 0.05) is 28.3 Å². The smallest absolute Gasteiger partial charge is 0.267 e. The molecular weight excluding hydrogens is 372 g/mol. The first-order chi connectivity index (χ1) is 11.5. The Bertz CT molecular complexity index is 789. The number of carbonyl (C=O) groups is 2. The molecule has 1 atom stereocenters. The summed E-state index contributed by atoms with van der Waals surface area (Å²) in [6.45, 7) is 4.22. The van der Waals surface area contributed by atoms with Gasteiger partial charge in [-0.15, -0.1) is 0 Å². The number of rotatable bonds is 3. The van der Waals surface area contributed by atoms with E-state index in [9.17, 15) is 9.59 Å². The number of ether oxygens (including phenoxy) is 1. The van der Waals surface area contributed by atoms with Gasteiger partial charge in [-0.05, 0) is 50.2 Å². The van der Waals surface area contributed by atoms with Crippen LogP contribution < -0.4 is 15.0 Å². The SMILES string of the molecule is CCN1C(=O)C(C)Oc2cc(NC(=O)c3ccc(Br)cc3)ccc21. The number of fused-ring (bicyclic) bond motifs is 1. The summed E-state index contributed by atoms with van der Waals surface area (Å²) in [6, 6.07) is 12.4. The van der Waals surface area contributed by atoms with Crippen LogP contribution in [-0.4, -0.2) is 24.5 Å².